The van der Waals surface area contributed by atoms with Gasteiger partial charge >= 0.3 is 0 Å². The Hall–Kier alpha value is -1.80. The highest BCUT2D eigenvalue weighted by molar-refractivity contribution is 7.79. The highest BCUT2D eigenvalue weighted by atomic mass is 32.1. The Balaban J connectivity index is 2.02. The molecule has 0 atom stereocenters. The third-order valence-electron chi connectivity index (χ3n) is 3.44. The lowest BCUT2D eigenvalue weighted by Crippen LogP contribution is -2.03. The monoisotopic (exact) mass is 282 g/mol. The first-order chi connectivity index (χ1) is 9.60. The van der Waals surface area contributed by atoms with Gasteiger partial charge < -0.3 is 0 Å². The number of ketones is 1. The van der Waals surface area contributed by atoms with E-state index in [-0.39, 0.29) is 5.78 Å². The Morgan fingerprint density at radius 1 is 1.10 bits per heavy atom. The second-order valence-corrected chi connectivity index (χ2v) is 5.34. The summed E-state index contributed by atoms with van der Waals surface area (Å²) in [6.07, 6.45) is 1.31. The molecule has 1 nitrogen and oxygen atoms in total. The molecule has 2 rings (SSSR count). The Kier molecular flexibility index (Phi) is 4.80. The summed E-state index contributed by atoms with van der Waals surface area (Å²) in [7, 11) is 0. The summed E-state index contributed by atoms with van der Waals surface area (Å²) in [6, 6.07) is 14.0. The van der Waals surface area contributed by atoms with Crippen LogP contribution in [-0.2, 0) is 6.42 Å². The molecule has 2 aromatic carbocycles. The van der Waals surface area contributed by atoms with Crippen LogP contribution in [0.2, 0.25) is 0 Å². The van der Waals surface area contributed by atoms with Crippen LogP contribution < -0.4 is 0 Å². The second kappa shape index (κ2) is 6.58. The third-order valence-corrected chi connectivity index (χ3v) is 3.71. The van der Waals surface area contributed by atoms with Crippen molar-refractivity contribution < 1.29 is 4.79 Å². The standard InChI is InChI=1S/C18H18OS/c1-13-3-9-17(14(2)11-13)18(19)10-8-15-4-6-16(12-20)7-5-15/h3-7,9,11-12H,8,10H2,1-2H3. The van der Waals surface area contributed by atoms with Crippen LogP contribution in [0.25, 0.3) is 0 Å². The lowest BCUT2D eigenvalue weighted by molar-refractivity contribution is 0.0982. The zero-order valence-corrected chi connectivity index (χ0v) is 12.7. The van der Waals surface area contributed by atoms with Crippen LogP contribution in [0, 0.1) is 13.8 Å². The SMILES string of the molecule is Cc1ccc(C(=O)CCc2ccc(C=S)cc2)c(C)c1. The Morgan fingerprint density at radius 2 is 1.80 bits per heavy atom. The van der Waals surface area contributed by atoms with Crippen LogP contribution in [-0.4, -0.2) is 11.2 Å². The average Bonchev–Trinajstić information content (AvgIpc) is 2.45. The number of benzene rings is 2. The summed E-state index contributed by atoms with van der Waals surface area (Å²) in [5.41, 5.74) is 5.29. The molecule has 0 radical (unpaired) electrons. The number of aryl methyl sites for hydroxylation is 3. The Morgan fingerprint density at radius 3 is 2.40 bits per heavy atom. The van der Waals surface area contributed by atoms with Gasteiger partial charge in [-0.1, -0.05) is 60.2 Å². The molecule has 102 valence electrons. The molecule has 0 bridgehead atoms. The van der Waals surface area contributed by atoms with Gasteiger partial charge in [-0.3, -0.25) is 4.79 Å². The van der Waals surface area contributed by atoms with E-state index in [2.05, 4.69) is 6.07 Å². The fraction of sp³-hybridized carbons (Fsp3) is 0.222. The molecule has 0 spiro atoms. The molecule has 0 N–H and O–H groups in total. The highest BCUT2D eigenvalue weighted by Gasteiger charge is 2.09. The van der Waals surface area contributed by atoms with E-state index in [1.807, 2.05) is 50.2 Å². The molecular formula is C18H18OS. The number of hydrogen-bond donors (Lipinski definition) is 0. The van der Waals surface area contributed by atoms with Crippen LogP contribution in [0.3, 0.4) is 0 Å². The number of rotatable bonds is 5. The van der Waals surface area contributed by atoms with Gasteiger partial charge in [-0.05, 0) is 37.0 Å². The fourth-order valence-corrected chi connectivity index (χ4v) is 2.44. The number of thiocarbonyl (C=S) groups is 1. The largest absolute Gasteiger partial charge is 0.294 e. The van der Waals surface area contributed by atoms with Gasteiger partial charge in [-0.25, -0.2) is 0 Å². The summed E-state index contributed by atoms with van der Waals surface area (Å²) >= 11 is 4.88. The minimum atomic E-state index is 0.210. The predicted octanol–water partition coefficient (Wildman–Crippen LogP) is 4.47. The summed E-state index contributed by atoms with van der Waals surface area (Å²) < 4.78 is 0. The number of carbonyl (C=O) groups is 1. The molecule has 0 fully saturated rings. The van der Waals surface area contributed by atoms with Crippen LogP contribution >= 0.6 is 12.2 Å². The summed E-state index contributed by atoms with van der Waals surface area (Å²) in [5.74, 6) is 0.210. The molecule has 0 saturated heterocycles. The van der Waals surface area contributed by atoms with Crippen molar-refractivity contribution in [1.82, 2.24) is 0 Å². The van der Waals surface area contributed by atoms with E-state index in [9.17, 15) is 4.79 Å². The fourth-order valence-electron chi connectivity index (χ4n) is 2.28. The van der Waals surface area contributed by atoms with Gasteiger partial charge in [-0.2, -0.15) is 0 Å². The van der Waals surface area contributed by atoms with Gasteiger partial charge in [0.25, 0.3) is 0 Å². The van der Waals surface area contributed by atoms with Gasteiger partial charge in [0.15, 0.2) is 5.78 Å². The van der Waals surface area contributed by atoms with Gasteiger partial charge in [0, 0.05) is 17.4 Å². The normalized spacial score (nSPS) is 10.3. The lowest BCUT2D eigenvalue weighted by atomic mass is 9.98. The van der Waals surface area contributed by atoms with E-state index in [1.165, 1.54) is 11.1 Å². The molecule has 0 heterocycles. The van der Waals surface area contributed by atoms with E-state index < -0.39 is 0 Å². The molecule has 0 aliphatic carbocycles. The third kappa shape index (κ3) is 3.61. The van der Waals surface area contributed by atoms with Crippen molar-refractivity contribution in [3.05, 3.63) is 70.3 Å². The smallest absolute Gasteiger partial charge is 0.163 e. The maximum absolute atomic E-state index is 12.3. The lowest BCUT2D eigenvalue weighted by Gasteiger charge is -2.06. The van der Waals surface area contributed by atoms with Gasteiger partial charge in [0.1, 0.15) is 0 Å². The van der Waals surface area contributed by atoms with E-state index >= 15 is 0 Å². The molecule has 0 aliphatic rings. The van der Waals surface area contributed by atoms with Crippen molar-refractivity contribution >= 4 is 23.4 Å². The average molecular weight is 282 g/mol. The van der Waals surface area contributed by atoms with E-state index in [4.69, 9.17) is 12.2 Å². The van der Waals surface area contributed by atoms with Crippen molar-refractivity contribution in [2.45, 2.75) is 26.7 Å². The first-order valence-electron chi connectivity index (χ1n) is 6.75. The molecule has 20 heavy (non-hydrogen) atoms. The molecule has 2 heteroatoms. The molecular weight excluding hydrogens is 264 g/mol. The zero-order chi connectivity index (χ0) is 14.5. The number of Topliss-reactive ketones (excluding diaryl/α,β-unsaturated/α-hetero) is 1. The van der Waals surface area contributed by atoms with Crippen molar-refractivity contribution in [2.24, 2.45) is 0 Å². The van der Waals surface area contributed by atoms with Crippen molar-refractivity contribution in [3.8, 4) is 0 Å². The molecule has 0 aliphatic heterocycles. The minimum Gasteiger partial charge on any atom is -0.294 e. The zero-order valence-electron chi connectivity index (χ0n) is 11.8. The summed E-state index contributed by atoms with van der Waals surface area (Å²) in [6.45, 7) is 4.04. The quantitative estimate of drug-likeness (QED) is 0.594. The Labute approximate surface area is 125 Å². The number of hydrogen-bond acceptors (Lipinski definition) is 2. The minimum absolute atomic E-state index is 0.210. The molecule has 2 aromatic rings. The van der Waals surface area contributed by atoms with E-state index in [1.54, 1.807) is 5.37 Å². The van der Waals surface area contributed by atoms with Gasteiger partial charge in [0.05, 0.1) is 0 Å². The van der Waals surface area contributed by atoms with E-state index in [0.29, 0.717) is 6.42 Å². The highest BCUT2D eigenvalue weighted by Crippen LogP contribution is 2.14. The van der Waals surface area contributed by atoms with Gasteiger partial charge in [-0.15, -0.1) is 0 Å². The van der Waals surface area contributed by atoms with Crippen molar-refractivity contribution in [1.29, 1.82) is 0 Å². The molecule has 0 aromatic heterocycles. The molecule has 0 unspecified atom stereocenters. The maximum atomic E-state index is 12.3. The first kappa shape index (κ1) is 14.6. The second-order valence-electron chi connectivity index (χ2n) is 5.10. The number of carbonyl (C=O) groups excluding carboxylic acids is 1. The summed E-state index contributed by atoms with van der Waals surface area (Å²) in [4.78, 5) is 12.3. The van der Waals surface area contributed by atoms with Crippen LogP contribution in [0.5, 0.6) is 0 Å². The molecule has 0 amide bonds. The Bertz CT molecular complexity index is 626. The summed E-state index contributed by atoms with van der Waals surface area (Å²) in [5, 5.41) is 1.66. The van der Waals surface area contributed by atoms with Crippen LogP contribution in [0.4, 0.5) is 0 Å². The van der Waals surface area contributed by atoms with Crippen LogP contribution in [0.1, 0.15) is 39.0 Å². The predicted molar refractivity (Wildman–Crippen MR) is 87.8 cm³/mol. The van der Waals surface area contributed by atoms with Crippen molar-refractivity contribution in [2.75, 3.05) is 0 Å². The van der Waals surface area contributed by atoms with Crippen molar-refractivity contribution in [3.63, 3.8) is 0 Å². The van der Waals surface area contributed by atoms with Crippen LogP contribution in [0.15, 0.2) is 42.5 Å². The molecule has 0 saturated carbocycles. The van der Waals surface area contributed by atoms with E-state index in [0.717, 1.165) is 23.1 Å². The topological polar surface area (TPSA) is 17.1 Å². The van der Waals surface area contributed by atoms with Gasteiger partial charge in [0.2, 0.25) is 0 Å². The first-order valence-corrected chi connectivity index (χ1v) is 7.22. The maximum Gasteiger partial charge on any atom is 0.163 e.